The smallest absolute Gasteiger partial charge is 0.251 e. The van der Waals surface area contributed by atoms with Gasteiger partial charge in [-0.25, -0.2) is 0 Å². The molecule has 1 atom stereocenters. The fraction of sp³-hybridized carbons (Fsp3) is 0.235. The molecule has 0 bridgehead atoms. The number of para-hydroxylation sites is 1. The van der Waals surface area contributed by atoms with Gasteiger partial charge in [0.2, 0.25) is 0 Å². The maximum absolute atomic E-state index is 12.1. The summed E-state index contributed by atoms with van der Waals surface area (Å²) in [6, 6.07) is 12.8. The quantitative estimate of drug-likeness (QED) is 0.909. The molecule has 1 heterocycles. The first-order valence-corrected chi connectivity index (χ1v) is 6.96. The first-order chi connectivity index (χ1) is 10.1. The third kappa shape index (κ3) is 2.84. The van der Waals surface area contributed by atoms with E-state index < -0.39 is 0 Å². The van der Waals surface area contributed by atoms with Gasteiger partial charge in [-0.3, -0.25) is 4.79 Å². The zero-order chi connectivity index (χ0) is 14.8. The number of amides is 1. The van der Waals surface area contributed by atoms with Crippen molar-refractivity contribution in [3.8, 4) is 11.5 Å². The average molecular weight is 283 g/mol. The summed E-state index contributed by atoms with van der Waals surface area (Å²) in [5, 5.41) is 12.5. The standard InChI is InChI=1S/C17H17NO3/c1-11-6-7-13(9-15(11)19)17(20)18-10-14-8-12-4-2-3-5-16(12)21-14/h2-7,9,14,19H,8,10H2,1H3,(H,18,20). The number of ether oxygens (including phenoxy) is 1. The van der Waals surface area contributed by atoms with Crippen LogP contribution in [0.15, 0.2) is 42.5 Å². The van der Waals surface area contributed by atoms with Gasteiger partial charge in [-0.1, -0.05) is 24.3 Å². The van der Waals surface area contributed by atoms with Crippen LogP contribution in [-0.2, 0) is 6.42 Å². The number of phenolic OH excluding ortho intramolecular Hbond substituents is 1. The SMILES string of the molecule is Cc1ccc(C(=O)NCC2Cc3ccccc3O2)cc1O. The number of hydrogen-bond donors (Lipinski definition) is 2. The molecule has 1 unspecified atom stereocenters. The fourth-order valence-corrected chi connectivity index (χ4v) is 2.43. The monoisotopic (exact) mass is 283 g/mol. The molecular formula is C17H17NO3. The van der Waals surface area contributed by atoms with Crippen LogP contribution >= 0.6 is 0 Å². The normalized spacial score (nSPS) is 16.1. The Bertz CT molecular complexity index is 656. The van der Waals surface area contributed by atoms with Crippen LogP contribution in [0.2, 0.25) is 0 Å². The number of carbonyl (C=O) groups excluding carboxylic acids is 1. The minimum absolute atomic E-state index is 0.0367. The maximum atomic E-state index is 12.1. The van der Waals surface area contributed by atoms with Gasteiger partial charge in [0.15, 0.2) is 0 Å². The van der Waals surface area contributed by atoms with E-state index in [4.69, 9.17) is 4.74 Å². The molecule has 108 valence electrons. The van der Waals surface area contributed by atoms with Gasteiger partial charge < -0.3 is 15.2 Å². The molecule has 2 N–H and O–H groups in total. The van der Waals surface area contributed by atoms with Crippen molar-refractivity contribution in [2.45, 2.75) is 19.4 Å². The van der Waals surface area contributed by atoms with Crippen LogP contribution in [-0.4, -0.2) is 23.7 Å². The molecule has 0 saturated heterocycles. The van der Waals surface area contributed by atoms with Crippen LogP contribution in [0, 0.1) is 6.92 Å². The van der Waals surface area contributed by atoms with Gasteiger partial charge in [-0.15, -0.1) is 0 Å². The zero-order valence-corrected chi connectivity index (χ0v) is 11.8. The van der Waals surface area contributed by atoms with Gasteiger partial charge in [0.05, 0.1) is 6.54 Å². The number of benzene rings is 2. The highest BCUT2D eigenvalue weighted by molar-refractivity contribution is 5.94. The lowest BCUT2D eigenvalue weighted by Gasteiger charge is -2.12. The van der Waals surface area contributed by atoms with Crippen LogP contribution in [0.1, 0.15) is 21.5 Å². The van der Waals surface area contributed by atoms with E-state index in [1.807, 2.05) is 24.3 Å². The van der Waals surface area contributed by atoms with E-state index in [-0.39, 0.29) is 17.8 Å². The van der Waals surface area contributed by atoms with Gasteiger partial charge in [0, 0.05) is 12.0 Å². The van der Waals surface area contributed by atoms with Crippen molar-refractivity contribution in [1.29, 1.82) is 0 Å². The highest BCUT2D eigenvalue weighted by Gasteiger charge is 2.22. The van der Waals surface area contributed by atoms with Crippen LogP contribution in [0.4, 0.5) is 0 Å². The van der Waals surface area contributed by atoms with E-state index in [9.17, 15) is 9.90 Å². The zero-order valence-electron chi connectivity index (χ0n) is 11.8. The minimum Gasteiger partial charge on any atom is -0.508 e. The summed E-state index contributed by atoms with van der Waals surface area (Å²) < 4.78 is 5.77. The Balaban J connectivity index is 1.59. The van der Waals surface area contributed by atoms with Gasteiger partial charge in [0.1, 0.15) is 17.6 Å². The largest absolute Gasteiger partial charge is 0.508 e. The van der Waals surface area contributed by atoms with Crippen LogP contribution < -0.4 is 10.1 Å². The molecule has 0 saturated carbocycles. The second kappa shape index (κ2) is 5.48. The molecule has 4 heteroatoms. The molecular weight excluding hydrogens is 266 g/mol. The second-order valence-electron chi connectivity index (χ2n) is 5.26. The predicted molar refractivity (Wildman–Crippen MR) is 79.7 cm³/mol. The Hall–Kier alpha value is -2.49. The van der Waals surface area contributed by atoms with Crippen molar-refractivity contribution < 1.29 is 14.6 Å². The van der Waals surface area contributed by atoms with Gasteiger partial charge in [-0.05, 0) is 36.2 Å². The minimum atomic E-state index is -0.204. The number of nitrogens with one attached hydrogen (secondary N) is 1. The highest BCUT2D eigenvalue weighted by atomic mass is 16.5. The first kappa shape index (κ1) is 13.5. The maximum Gasteiger partial charge on any atom is 0.251 e. The lowest BCUT2D eigenvalue weighted by Crippen LogP contribution is -2.34. The van der Waals surface area contributed by atoms with Crippen molar-refractivity contribution >= 4 is 5.91 Å². The molecule has 0 fully saturated rings. The summed E-state index contributed by atoms with van der Waals surface area (Å²) in [5.41, 5.74) is 2.37. The Kier molecular flexibility index (Phi) is 3.52. The number of hydrogen-bond acceptors (Lipinski definition) is 3. The van der Waals surface area contributed by atoms with Crippen molar-refractivity contribution in [2.24, 2.45) is 0 Å². The van der Waals surface area contributed by atoms with Gasteiger partial charge in [-0.2, -0.15) is 0 Å². The lowest BCUT2D eigenvalue weighted by molar-refractivity contribution is 0.0933. The molecule has 0 aliphatic carbocycles. The molecule has 2 aromatic carbocycles. The molecule has 1 aliphatic heterocycles. The molecule has 3 rings (SSSR count). The topological polar surface area (TPSA) is 58.6 Å². The molecule has 0 radical (unpaired) electrons. The van der Waals surface area contributed by atoms with Gasteiger partial charge >= 0.3 is 0 Å². The van der Waals surface area contributed by atoms with Crippen molar-refractivity contribution in [2.75, 3.05) is 6.54 Å². The Labute approximate surface area is 123 Å². The van der Waals surface area contributed by atoms with E-state index in [0.29, 0.717) is 12.1 Å². The third-order valence-corrected chi connectivity index (χ3v) is 3.68. The van der Waals surface area contributed by atoms with Gasteiger partial charge in [0.25, 0.3) is 5.91 Å². The number of aromatic hydroxyl groups is 1. The molecule has 4 nitrogen and oxygen atoms in total. The number of fused-ring (bicyclic) bond motifs is 1. The number of phenols is 1. The Morgan fingerprint density at radius 3 is 2.90 bits per heavy atom. The van der Waals surface area contributed by atoms with E-state index >= 15 is 0 Å². The molecule has 21 heavy (non-hydrogen) atoms. The van der Waals surface area contributed by atoms with Crippen molar-refractivity contribution in [3.05, 3.63) is 59.2 Å². The molecule has 1 aliphatic rings. The van der Waals surface area contributed by atoms with Crippen molar-refractivity contribution in [3.63, 3.8) is 0 Å². The first-order valence-electron chi connectivity index (χ1n) is 6.96. The summed E-state index contributed by atoms with van der Waals surface area (Å²) in [7, 11) is 0. The van der Waals surface area contributed by atoms with Crippen molar-refractivity contribution in [1.82, 2.24) is 5.32 Å². The summed E-state index contributed by atoms with van der Waals surface area (Å²) in [6.45, 7) is 2.24. The summed E-state index contributed by atoms with van der Waals surface area (Å²) in [4.78, 5) is 12.1. The number of carbonyl (C=O) groups is 1. The Morgan fingerprint density at radius 1 is 1.33 bits per heavy atom. The van der Waals surface area contributed by atoms with Crippen LogP contribution in [0.25, 0.3) is 0 Å². The van der Waals surface area contributed by atoms with E-state index in [1.54, 1.807) is 19.1 Å². The summed E-state index contributed by atoms with van der Waals surface area (Å²) in [6.07, 6.45) is 0.765. The second-order valence-corrected chi connectivity index (χ2v) is 5.26. The number of rotatable bonds is 3. The fourth-order valence-electron chi connectivity index (χ4n) is 2.43. The predicted octanol–water partition coefficient (Wildman–Crippen LogP) is 2.43. The molecule has 0 aromatic heterocycles. The van der Waals surface area contributed by atoms with E-state index in [1.165, 1.54) is 11.6 Å². The Morgan fingerprint density at radius 2 is 2.14 bits per heavy atom. The van der Waals surface area contributed by atoms with E-state index in [2.05, 4.69) is 5.32 Å². The summed E-state index contributed by atoms with van der Waals surface area (Å²) in [5.74, 6) is 0.821. The molecule has 0 spiro atoms. The summed E-state index contributed by atoms with van der Waals surface area (Å²) >= 11 is 0. The lowest BCUT2D eigenvalue weighted by atomic mass is 10.1. The number of aryl methyl sites for hydroxylation is 1. The average Bonchev–Trinajstić information content (AvgIpc) is 2.90. The third-order valence-electron chi connectivity index (χ3n) is 3.68. The highest BCUT2D eigenvalue weighted by Crippen LogP contribution is 2.27. The van der Waals surface area contributed by atoms with Crippen LogP contribution in [0.5, 0.6) is 11.5 Å². The van der Waals surface area contributed by atoms with E-state index in [0.717, 1.165) is 17.7 Å². The molecule has 1 amide bonds. The molecule has 2 aromatic rings. The van der Waals surface area contributed by atoms with Crippen LogP contribution in [0.3, 0.4) is 0 Å².